The molecule has 2 aromatic rings. The van der Waals surface area contributed by atoms with Gasteiger partial charge in [-0.15, -0.1) is 0 Å². The fourth-order valence-electron chi connectivity index (χ4n) is 2.74. The van der Waals surface area contributed by atoms with Crippen molar-refractivity contribution in [2.24, 2.45) is 5.73 Å². The van der Waals surface area contributed by atoms with Gasteiger partial charge in [0.15, 0.2) is 0 Å². The molecule has 3 N–H and O–H groups in total. The van der Waals surface area contributed by atoms with Gasteiger partial charge in [-0.25, -0.2) is 0 Å². The number of H-pyrrole nitrogens is 1. The molecule has 0 spiro atoms. The molecule has 0 saturated carbocycles. The molecule has 6 nitrogen and oxygen atoms in total. The number of fused-ring (bicyclic) bond motifs is 1. The Labute approximate surface area is 132 Å². The molecule has 0 amide bonds. The summed E-state index contributed by atoms with van der Waals surface area (Å²) in [6, 6.07) is 10.9. The largest absolute Gasteiger partial charge is 0.497 e. The fraction of sp³-hybridized carbons (Fsp3) is 0.176. The lowest BCUT2D eigenvalue weighted by atomic mass is 9.84. The average molecular weight is 309 g/mol. The number of benzene rings is 1. The number of ether oxygens (including phenoxy) is 2. The number of hydrogen-bond donors (Lipinski definition) is 2. The maximum atomic E-state index is 12.4. The highest BCUT2D eigenvalue weighted by molar-refractivity contribution is 5.55. The van der Waals surface area contributed by atoms with Crippen LogP contribution in [0.4, 0.5) is 0 Å². The smallest absolute Gasteiger partial charge is 0.256 e. The summed E-state index contributed by atoms with van der Waals surface area (Å²) in [6.45, 7) is 1.76. The van der Waals surface area contributed by atoms with Crippen LogP contribution in [0.2, 0.25) is 0 Å². The van der Waals surface area contributed by atoms with E-state index in [4.69, 9.17) is 15.2 Å². The lowest BCUT2D eigenvalue weighted by Crippen LogP contribution is -2.28. The number of allylic oxidation sites excluding steroid dienone is 1. The standard InChI is InChI=1S/C17H15N3O3/c1-9-7-13-15(17(21)20-9)14(12(8-18)16(19)23-13)10-3-5-11(22-2)6-4-10/h3-7,14H,19H2,1-2H3,(H,20,21)/t14-/m1/s1. The van der Waals surface area contributed by atoms with E-state index >= 15 is 0 Å². The van der Waals surface area contributed by atoms with E-state index < -0.39 is 5.92 Å². The van der Waals surface area contributed by atoms with Crippen molar-refractivity contribution in [1.29, 1.82) is 5.26 Å². The number of aromatic nitrogens is 1. The number of nitrogens with one attached hydrogen (secondary N) is 1. The first kappa shape index (κ1) is 14.7. The monoisotopic (exact) mass is 309 g/mol. The van der Waals surface area contributed by atoms with E-state index in [1.807, 2.05) is 12.1 Å². The Morgan fingerprint density at radius 1 is 1.35 bits per heavy atom. The zero-order valence-electron chi connectivity index (χ0n) is 12.7. The van der Waals surface area contributed by atoms with Crippen LogP contribution in [0.25, 0.3) is 0 Å². The zero-order chi connectivity index (χ0) is 16.6. The molecular formula is C17H15N3O3. The van der Waals surface area contributed by atoms with Gasteiger partial charge in [0.05, 0.1) is 18.6 Å². The Balaban J connectivity index is 2.24. The Kier molecular flexibility index (Phi) is 3.54. The van der Waals surface area contributed by atoms with Crippen LogP contribution in [0.15, 0.2) is 46.6 Å². The number of nitrogens with two attached hydrogens (primary N) is 1. The van der Waals surface area contributed by atoms with Crippen molar-refractivity contribution in [3.8, 4) is 17.6 Å². The first-order chi connectivity index (χ1) is 11.0. The minimum Gasteiger partial charge on any atom is -0.497 e. The molecule has 0 unspecified atom stereocenters. The molecular weight excluding hydrogens is 294 g/mol. The molecule has 2 heterocycles. The molecule has 1 atom stereocenters. The number of hydrogen-bond acceptors (Lipinski definition) is 5. The molecule has 0 saturated heterocycles. The summed E-state index contributed by atoms with van der Waals surface area (Å²) in [5, 5.41) is 9.46. The SMILES string of the molecule is COc1ccc([C@@H]2C(C#N)=C(N)Oc3cc(C)[nH]c(=O)c32)cc1. The minimum atomic E-state index is -0.570. The van der Waals surface area contributed by atoms with Crippen LogP contribution in [-0.2, 0) is 0 Å². The quantitative estimate of drug-likeness (QED) is 0.882. The van der Waals surface area contributed by atoms with Crippen molar-refractivity contribution >= 4 is 0 Å². The van der Waals surface area contributed by atoms with Crippen molar-refractivity contribution < 1.29 is 9.47 Å². The van der Waals surface area contributed by atoms with Gasteiger partial charge in [-0.3, -0.25) is 4.79 Å². The van der Waals surface area contributed by atoms with E-state index in [-0.39, 0.29) is 17.0 Å². The van der Waals surface area contributed by atoms with E-state index in [0.717, 1.165) is 5.56 Å². The van der Waals surface area contributed by atoms with Crippen LogP contribution in [0, 0.1) is 18.3 Å². The first-order valence-electron chi connectivity index (χ1n) is 7.00. The second-order valence-corrected chi connectivity index (χ2v) is 5.26. The molecule has 116 valence electrons. The maximum absolute atomic E-state index is 12.4. The highest BCUT2D eigenvalue weighted by Gasteiger charge is 2.33. The Morgan fingerprint density at radius 2 is 2.04 bits per heavy atom. The molecule has 6 heteroatoms. The van der Waals surface area contributed by atoms with Crippen molar-refractivity contribution in [1.82, 2.24) is 4.98 Å². The lowest BCUT2D eigenvalue weighted by molar-refractivity contribution is 0.391. The normalized spacial score (nSPS) is 16.3. The summed E-state index contributed by atoms with van der Waals surface area (Å²) < 4.78 is 10.6. The van der Waals surface area contributed by atoms with Crippen molar-refractivity contribution in [3.05, 3.63) is 69.0 Å². The molecule has 1 aliphatic heterocycles. The molecule has 0 bridgehead atoms. The lowest BCUT2D eigenvalue weighted by Gasteiger charge is -2.25. The third kappa shape index (κ3) is 2.42. The fourth-order valence-corrected chi connectivity index (χ4v) is 2.74. The summed E-state index contributed by atoms with van der Waals surface area (Å²) in [5.74, 6) is 0.516. The van der Waals surface area contributed by atoms with Gasteiger partial charge < -0.3 is 20.2 Å². The number of aryl methyl sites for hydroxylation is 1. The molecule has 0 aliphatic carbocycles. The zero-order valence-corrected chi connectivity index (χ0v) is 12.7. The van der Waals surface area contributed by atoms with Gasteiger partial charge in [0, 0.05) is 11.8 Å². The van der Waals surface area contributed by atoms with Crippen LogP contribution < -0.4 is 20.8 Å². The summed E-state index contributed by atoms with van der Waals surface area (Å²) in [5.41, 5.74) is 7.63. The molecule has 1 aliphatic rings. The highest BCUT2D eigenvalue weighted by atomic mass is 16.5. The van der Waals surface area contributed by atoms with Crippen LogP contribution in [0.1, 0.15) is 22.7 Å². The van der Waals surface area contributed by atoms with Gasteiger partial charge in [-0.1, -0.05) is 12.1 Å². The topological polar surface area (TPSA) is 101 Å². The van der Waals surface area contributed by atoms with Crippen molar-refractivity contribution in [2.75, 3.05) is 7.11 Å². The van der Waals surface area contributed by atoms with E-state index in [2.05, 4.69) is 11.1 Å². The Hall–Kier alpha value is -3.20. The van der Waals surface area contributed by atoms with Crippen LogP contribution in [0.3, 0.4) is 0 Å². The average Bonchev–Trinajstić information content (AvgIpc) is 2.53. The summed E-state index contributed by atoms with van der Waals surface area (Å²) in [6.07, 6.45) is 0. The Morgan fingerprint density at radius 3 is 2.65 bits per heavy atom. The molecule has 3 rings (SSSR count). The number of nitrogens with zero attached hydrogens (tertiary/aromatic N) is 1. The summed E-state index contributed by atoms with van der Waals surface area (Å²) >= 11 is 0. The van der Waals surface area contributed by atoms with Gasteiger partial charge >= 0.3 is 0 Å². The van der Waals surface area contributed by atoms with Crippen LogP contribution >= 0.6 is 0 Å². The number of methoxy groups -OCH3 is 1. The first-order valence-corrected chi connectivity index (χ1v) is 7.00. The highest BCUT2D eigenvalue weighted by Crippen LogP contribution is 2.40. The van der Waals surface area contributed by atoms with Crippen LogP contribution in [-0.4, -0.2) is 12.1 Å². The Bertz CT molecular complexity index is 889. The minimum absolute atomic E-state index is 0.0193. The second kappa shape index (κ2) is 5.54. The van der Waals surface area contributed by atoms with Gasteiger partial charge in [0.1, 0.15) is 23.1 Å². The summed E-state index contributed by atoms with van der Waals surface area (Å²) in [7, 11) is 1.57. The third-order valence-electron chi connectivity index (χ3n) is 3.80. The molecule has 0 radical (unpaired) electrons. The molecule has 1 aromatic carbocycles. The molecule has 1 aromatic heterocycles. The predicted molar refractivity (Wildman–Crippen MR) is 84.1 cm³/mol. The second-order valence-electron chi connectivity index (χ2n) is 5.26. The van der Waals surface area contributed by atoms with Gasteiger partial charge in [0.2, 0.25) is 5.88 Å². The van der Waals surface area contributed by atoms with E-state index in [9.17, 15) is 10.1 Å². The van der Waals surface area contributed by atoms with Crippen molar-refractivity contribution in [3.63, 3.8) is 0 Å². The maximum Gasteiger partial charge on any atom is 0.256 e. The number of rotatable bonds is 2. The van der Waals surface area contributed by atoms with Crippen molar-refractivity contribution in [2.45, 2.75) is 12.8 Å². The third-order valence-corrected chi connectivity index (χ3v) is 3.80. The molecule has 23 heavy (non-hydrogen) atoms. The van der Waals surface area contributed by atoms with Gasteiger partial charge in [-0.2, -0.15) is 5.26 Å². The van der Waals surface area contributed by atoms with E-state index in [1.54, 1.807) is 32.2 Å². The van der Waals surface area contributed by atoms with E-state index in [1.165, 1.54) is 0 Å². The van der Waals surface area contributed by atoms with Crippen LogP contribution in [0.5, 0.6) is 11.5 Å². The number of aromatic amines is 1. The predicted octanol–water partition coefficient (Wildman–Crippen LogP) is 1.91. The molecule has 0 fully saturated rings. The number of pyridine rings is 1. The van der Waals surface area contributed by atoms with Gasteiger partial charge in [0.25, 0.3) is 5.56 Å². The summed E-state index contributed by atoms with van der Waals surface area (Å²) in [4.78, 5) is 15.2. The van der Waals surface area contributed by atoms with Gasteiger partial charge in [-0.05, 0) is 24.6 Å². The van der Waals surface area contributed by atoms with E-state index in [0.29, 0.717) is 22.8 Å². The number of nitriles is 1.